The number of unbranched alkanes of at least 4 members (excludes halogenated alkanes) is 2. The molecule has 9 nitrogen and oxygen atoms in total. The first-order valence-electron chi connectivity index (χ1n) is 14.3. The van der Waals surface area contributed by atoms with Crippen LogP contribution >= 0.6 is 0 Å². The van der Waals surface area contributed by atoms with Gasteiger partial charge in [-0.05, 0) is 76.3 Å². The summed E-state index contributed by atoms with van der Waals surface area (Å²) in [7, 11) is 0. The second kappa shape index (κ2) is 15.6. The average Bonchev–Trinajstić information content (AvgIpc) is 2.91. The highest BCUT2D eigenvalue weighted by atomic mass is 16.6. The number of benzene rings is 2. The van der Waals surface area contributed by atoms with Crippen molar-refractivity contribution in [3.63, 3.8) is 0 Å². The molecular weight excluding hydrogens is 532 g/mol. The number of carbonyl (C=O) groups is 4. The molecule has 0 aliphatic rings. The van der Waals surface area contributed by atoms with Gasteiger partial charge in [0.15, 0.2) is 0 Å². The highest BCUT2D eigenvalue weighted by molar-refractivity contribution is 6.00. The Morgan fingerprint density at radius 2 is 1.64 bits per heavy atom. The lowest BCUT2D eigenvalue weighted by atomic mass is 9.99. The van der Waals surface area contributed by atoms with Crippen LogP contribution in [0.5, 0.6) is 0 Å². The van der Waals surface area contributed by atoms with E-state index in [-0.39, 0.29) is 19.4 Å². The lowest BCUT2D eigenvalue weighted by Gasteiger charge is -2.35. The lowest BCUT2D eigenvalue weighted by Crippen LogP contribution is -2.53. The molecule has 0 saturated heterocycles. The van der Waals surface area contributed by atoms with E-state index in [9.17, 15) is 19.2 Å². The van der Waals surface area contributed by atoms with Gasteiger partial charge in [0, 0.05) is 24.2 Å². The zero-order valence-corrected chi connectivity index (χ0v) is 25.6. The molecule has 0 radical (unpaired) electrons. The van der Waals surface area contributed by atoms with Crippen molar-refractivity contribution in [3.8, 4) is 12.3 Å². The Morgan fingerprint density at radius 3 is 2.17 bits per heavy atom. The summed E-state index contributed by atoms with van der Waals surface area (Å²) in [6, 6.07) is 10.4. The van der Waals surface area contributed by atoms with E-state index in [1.165, 1.54) is 4.90 Å². The zero-order chi connectivity index (χ0) is 31.4. The molecular formula is C33H44N4O5. The highest BCUT2D eigenvalue weighted by Crippen LogP contribution is 2.28. The molecule has 0 aromatic heterocycles. The van der Waals surface area contributed by atoms with Gasteiger partial charge in [0.1, 0.15) is 17.7 Å². The SMILES string of the molecule is C#Cc1ccc(C(C(=O)Nc2c(C)cccc2C)N(CCCCC)C(=O)C(CCC(N)=O)NC(=O)OC(C)(C)C)cc1. The third-order valence-corrected chi connectivity index (χ3v) is 6.64. The zero-order valence-electron chi connectivity index (χ0n) is 25.6. The standard InChI is InChI=1S/C33H44N4O5/c1-8-10-11-21-37(31(40)26(19-20-27(34)38)35-32(41)42-33(5,6)7)29(25-17-15-24(9-2)16-18-25)30(39)36-28-22(3)13-12-14-23(28)4/h2,12-18,26,29H,8,10-11,19-21H2,1,3-7H3,(H2,34,38)(H,35,41)(H,36,39). The largest absolute Gasteiger partial charge is 0.444 e. The fourth-order valence-electron chi connectivity index (χ4n) is 4.53. The fraction of sp³-hybridized carbons (Fsp3) is 0.455. The first-order valence-corrected chi connectivity index (χ1v) is 14.3. The topological polar surface area (TPSA) is 131 Å². The Labute approximate surface area is 249 Å². The molecule has 0 fully saturated rings. The third kappa shape index (κ3) is 10.3. The summed E-state index contributed by atoms with van der Waals surface area (Å²) in [6.45, 7) is 11.2. The van der Waals surface area contributed by atoms with Crippen molar-refractivity contribution < 1.29 is 23.9 Å². The number of para-hydroxylation sites is 1. The van der Waals surface area contributed by atoms with Crippen molar-refractivity contribution in [3.05, 3.63) is 64.7 Å². The van der Waals surface area contributed by atoms with Crippen LogP contribution < -0.4 is 16.4 Å². The van der Waals surface area contributed by atoms with Crippen molar-refractivity contribution in [2.45, 2.75) is 91.3 Å². The van der Waals surface area contributed by atoms with E-state index in [4.69, 9.17) is 16.9 Å². The second-order valence-corrected chi connectivity index (χ2v) is 11.4. The number of carbonyl (C=O) groups excluding carboxylic acids is 4. The van der Waals surface area contributed by atoms with Gasteiger partial charge in [-0.3, -0.25) is 14.4 Å². The lowest BCUT2D eigenvalue weighted by molar-refractivity contribution is -0.141. The van der Waals surface area contributed by atoms with Gasteiger partial charge in [-0.2, -0.15) is 0 Å². The first kappa shape index (κ1) is 33.9. The molecule has 2 unspecified atom stereocenters. The van der Waals surface area contributed by atoms with Crippen LogP contribution in [-0.2, 0) is 19.1 Å². The van der Waals surface area contributed by atoms with Crippen LogP contribution in [0.2, 0.25) is 0 Å². The molecule has 226 valence electrons. The summed E-state index contributed by atoms with van der Waals surface area (Å²) in [5.74, 6) is 1.00. The van der Waals surface area contributed by atoms with Crippen molar-refractivity contribution in [2.75, 3.05) is 11.9 Å². The normalized spacial score (nSPS) is 12.4. The number of rotatable bonds is 13. The van der Waals surface area contributed by atoms with Gasteiger partial charge >= 0.3 is 6.09 Å². The van der Waals surface area contributed by atoms with E-state index < -0.39 is 41.5 Å². The summed E-state index contributed by atoms with van der Waals surface area (Å²) < 4.78 is 5.39. The number of aryl methyl sites for hydroxylation is 2. The third-order valence-electron chi connectivity index (χ3n) is 6.64. The molecule has 4 amide bonds. The quantitative estimate of drug-likeness (QED) is 0.224. The molecule has 0 heterocycles. The number of hydrogen-bond acceptors (Lipinski definition) is 5. The Bertz CT molecular complexity index is 1270. The maximum absolute atomic E-state index is 14.3. The number of alkyl carbamates (subject to hydrolysis) is 1. The van der Waals surface area contributed by atoms with Crippen LogP contribution in [0.15, 0.2) is 42.5 Å². The summed E-state index contributed by atoms with van der Waals surface area (Å²) in [5, 5.41) is 5.65. The van der Waals surface area contributed by atoms with E-state index in [2.05, 4.69) is 16.6 Å². The van der Waals surface area contributed by atoms with Crippen molar-refractivity contribution in [2.24, 2.45) is 5.73 Å². The van der Waals surface area contributed by atoms with Gasteiger partial charge in [-0.1, -0.05) is 56.0 Å². The number of terminal acetylenes is 1. The Morgan fingerprint density at radius 1 is 1.02 bits per heavy atom. The van der Waals surface area contributed by atoms with Crippen LogP contribution in [0.3, 0.4) is 0 Å². The van der Waals surface area contributed by atoms with Crippen molar-refractivity contribution >= 4 is 29.5 Å². The smallest absolute Gasteiger partial charge is 0.408 e. The molecule has 0 spiro atoms. The van der Waals surface area contributed by atoms with E-state index in [1.807, 2.05) is 39.0 Å². The van der Waals surface area contributed by atoms with Crippen LogP contribution in [0.4, 0.5) is 10.5 Å². The summed E-state index contributed by atoms with van der Waals surface area (Å²) in [5.41, 5.74) is 8.17. The minimum absolute atomic E-state index is 0.0566. The molecule has 42 heavy (non-hydrogen) atoms. The fourth-order valence-corrected chi connectivity index (χ4v) is 4.53. The monoisotopic (exact) mass is 576 g/mol. The maximum atomic E-state index is 14.3. The molecule has 0 bridgehead atoms. The number of nitrogens with one attached hydrogen (secondary N) is 2. The van der Waals surface area contributed by atoms with Gasteiger partial charge in [-0.15, -0.1) is 6.42 Å². The van der Waals surface area contributed by atoms with Crippen LogP contribution in [-0.4, -0.2) is 46.9 Å². The molecule has 9 heteroatoms. The van der Waals surface area contributed by atoms with Crippen LogP contribution in [0, 0.1) is 26.2 Å². The molecule has 2 atom stereocenters. The van der Waals surface area contributed by atoms with Gasteiger partial charge < -0.3 is 26.0 Å². The number of nitrogens with two attached hydrogens (primary N) is 1. The Hall–Kier alpha value is -4.32. The summed E-state index contributed by atoms with van der Waals surface area (Å²) >= 11 is 0. The minimum Gasteiger partial charge on any atom is -0.444 e. The van der Waals surface area contributed by atoms with Crippen LogP contribution in [0.25, 0.3) is 0 Å². The van der Waals surface area contributed by atoms with Gasteiger partial charge in [-0.25, -0.2) is 4.79 Å². The highest BCUT2D eigenvalue weighted by Gasteiger charge is 2.36. The summed E-state index contributed by atoms with van der Waals surface area (Å²) in [6.07, 6.45) is 6.87. The first-order chi connectivity index (χ1) is 19.8. The van der Waals surface area contributed by atoms with Crippen LogP contribution in [0.1, 0.15) is 88.1 Å². The number of hydrogen-bond donors (Lipinski definition) is 3. The van der Waals surface area contributed by atoms with Crippen molar-refractivity contribution in [1.82, 2.24) is 10.2 Å². The number of primary amides is 1. The average molecular weight is 577 g/mol. The summed E-state index contributed by atoms with van der Waals surface area (Å²) in [4.78, 5) is 54.3. The number of ether oxygens (including phenoxy) is 1. The van der Waals surface area contributed by atoms with E-state index in [1.54, 1.807) is 45.0 Å². The molecule has 0 aliphatic heterocycles. The van der Waals surface area contributed by atoms with E-state index >= 15 is 0 Å². The van der Waals surface area contributed by atoms with Crippen molar-refractivity contribution in [1.29, 1.82) is 0 Å². The molecule has 0 saturated carbocycles. The second-order valence-electron chi connectivity index (χ2n) is 11.4. The predicted molar refractivity (Wildman–Crippen MR) is 164 cm³/mol. The van der Waals surface area contributed by atoms with E-state index in [0.29, 0.717) is 23.2 Å². The van der Waals surface area contributed by atoms with Gasteiger partial charge in [0.25, 0.3) is 5.91 Å². The predicted octanol–water partition coefficient (Wildman–Crippen LogP) is 5.14. The molecule has 0 aliphatic carbocycles. The van der Waals surface area contributed by atoms with Gasteiger partial charge in [0.05, 0.1) is 0 Å². The molecule has 2 rings (SSSR count). The van der Waals surface area contributed by atoms with Gasteiger partial charge in [0.2, 0.25) is 11.8 Å². The minimum atomic E-state index is -1.16. The van der Waals surface area contributed by atoms with E-state index in [0.717, 1.165) is 24.0 Å². The number of anilines is 1. The molecule has 2 aromatic carbocycles. The molecule has 2 aromatic rings. The number of nitrogens with zero attached hydrogens (tertiary/aromatic N) is 1. The molecule has 4 N–H and O–H groups in total. The number of amides is 4. The maximum Gasteiger partial charge on any atom is 0.408 e. The Kier molecular flexibility index (Phi) is 12.6. The Balaban J connectivity index is 2.61.